The summed E-state index contributed by atoms with van der Waals surface area (Å²) in [5, 5.41) is 22.8. The number of carboxylic acid groups (broad SMARTS) is 1. The number of nitrogens with zero attached hydrogens (tertiary/aromatic N) is 1. The van der Waals surface area contributed by atoms with Crippen molar-refractivity contribution in [2.24, 2.45) is 5.92 Å². The first kappa shape index (κ1) is 23.7. The van der Waals surface area contributed by atoms with Gasteiger partial charge in [-0.25, -0.2) is 0 Å². The minimum absolute atomic E-state index is 0. The summed E-state index contributed by atoms with van der Waals surface area (Å²) in [6.45, 7) is 1.47. The van der Waals surface area contributed by atoms with Crippen molar-refractivity contribution in [3.8, 4) is 11.1 Å². The SMILES string of the molecule is C[C@@H]1CN(Cc2ccc(-c3ccccc3)cc2)C(=O)C(C(=O)NCC(=O)[O-])=C1O.[Na+]. The topological polar surface area (TPSA) is 110 Å². The molecule has 2 amide bonds. The third-order valence-corrected chi connectivity index (χ3v) is 4.77. The normalized spacial score (nSPS) is 16.1. The van der Waals surface area contributed by atoms with Gasteiger partial charge in [0.25, 0.3) is 11.8 Å². The molecule has 0 aromatic heterocycles. The van der Waals surface area contributed by atoms with Crippen molar-refractivity contribution in [1.29, 1.82) is 0 Å². The molecule has 3 rings (SSSR count). The Morgan fingerprint density at radius 1 is 1.10 bits per heavy atom. The number of carbonyl (C=O) groups excluding carboxylic acids is 3. The second-order valence-corrected chi connectivity index (χ2v) is 6.96. The summed E-state index contributed by atoms with van der Waals surface area (Å²) in [7, 11) is 0. The largest absolute Gasteiger partial charge is 1.00 e. The van der Waals surface area contributed by atoms with Gasteiger partial charge in [-0.15, -0.1) is 0 Å². The third kappa shape index (κ3) is 5.50. The van der Waals surface area contributed by atoms with Crippen molar-refractivity contribution in [3.05, 3.63) is 71.5 Å². The molecule has 1 aliphatic rings. The molecule has 30 heavy (non-hydrogen) atoms. The Kier molecular flexibility index (Phi) is 8.23. The Balaban J connectivity index is 0.00000320. The number of benzene rings is 2. The Hall–Kier alpha value is -2.61. The summed E-state index contributed by atoms with van der Waals surface area (Å²) in [6.07, 6.45) is 0. The van der Waals surface area contributed by atoms with Crippen LogP contribution in [0.15, 0.2) is 65.9 Å². The van der Waals surface area contributed by atoms with Crippen molar-refractivity contribution in [3.63, 3.8) is 0 Å². The standard InChI is InChI=1S/C22H22N2O5.Na/c1-14-12-24(22(29)19(20(14)27)21(28)23-11-18(25)26)13-15-7-9-17(10-8-15)16-5-3-2-4-6-16;/h2-10,14,27H,11-13H2,1H3,(H,23,28)(H,25,26);/q;+1/p-1/t14-;/m1./s1. The molecule has 0 saturated heterocycles. The number of rotatable bonds is 6. The molecule has 1 aliphatic heterocycles. The van der Waals surface area contributed by atoms with E-state index in [4.69, 9.17) is 0 Å². The molecule has 1 atom stereocenters. The number of amides is 2. The van der Waals surface area contributed by atoms with E-state index < -0.39 is 35.8 Å². The second-order valence-electron chi connectivity index (χ2n) is 6.96. The van der Waals surface area contributed by atoms with Gasteiger partial charge in [0.1, 0.15) is 11.3 Å². The van der Waals surface area contributed by atoms with Crippen LogP contribution in [0, 0.1) is 5.92 Å². The van der Waals surface area contributed by atoms with Crippen molar-refractivity contribution >= 4 is 17.8 Å². The van der Waals surface area contributed by atoms with Crippen LogP contribution < -0.4 is 40.0 Å². The molecular weight excluding hydrogens is 395 g/mol. The van der Waals surface area contributed by atoms with Crippen molar-refractivity contribution in [1.82, 2.24) is 10.2 Å². The Bertz CT molecular complexity index is 957. The second kappa shape index (κ2) is 10.4. The van der Waals surface area contributed by atoms with Crippen LogP contribution in [-0.2, 0) is 20.9 Å². The summed E-state index contributed by atoms with van der Waals surface area (Å²) in [4.78, 5) is 37.0. The molecule has 0 radical (unpaired) electrons. The van der Waals surface area contributed by atoms with Crippen LogP contribution in [0.2, 0.25) is 0 Å². The Morgan fingerprint density at radius 2 is 1.70 bits per heavy atom. The number of nitrogens with one attached hydrogen (secondary N) is 1. The van der Waals surface area contributed by atoms with Crippen LogP contribution >= 0.6 is 0 Å². The van der Waals surface area contributed by atoms with E-state index >= 15 is 0 Å². The summed E-state index contributed by atoms with van der Waals surface area (Å²) in [5.74, 6) is -3.82. The molecule has 0 aliphatic carbocycles. The average molecular weight is 416 g/mol. The fraction of sp³-hybridized carbons (Fsp3) is 0.227. The first-order valence-electron chi connectivity index (χ1n) is 9.21. The molecule has 7 nitrogen and oxygen atoms in total. The summed E-state index contributed by atoms with van der Waals surface area (Å²) < 4.78 is 0. The van der Waals surface area contributed by atoms with E-state index in [1.54, 1.807) is 6.92 Å². The van der Waals surface area contributed by atoms with Gasteiger partial charge in [0.2, 0.25) is 0 Å². The van der Waals surface area contributed by atoms with Gasteiger partial charge in [-0.1, -0.05) is 61.5 Å². The van der Waals surface area contributed by atoms with Crippen LogP contribution in [0.25, 0.3) is 11.1 Å². The number of carbonyl (C=O) groups is 3. The average Bonchev–Trinajstić information content (AvgIpc) is 2.72. The predicted molar refractivity (Wildman–Crippen MR) is 104 cm³/mol. The summed E-state index contributed by atoms with van der Waals surface area (Å²) in [6, 6.07) is 17.6. The molecule has 2 aromatic rings. The summed E-state index contributed by atoms with van der Waals surface area (Å²) in [5.41, 5.74) is 2.58. The van der Waals surface area contributed by atoms with Gasteiger partial charge in [0.05, 0.1) is 12.5 Å². The zero-order valence-corrected chi connectivity index (χ0v) is 18.9. The molecule has 2 aromatic carbocycles. The number of aliphatic hydroxyl groups is 1. The maximum Gasteiger partial charge on any atom is 1.00 e. The molecule has 0 bridgehead atoms. The third-order valence-electron chi connectivity index (χ3n) is 4.77. The Morgan fingerprint density at radius 3 is 2.30 bits per heavy atom. The van der Waals surface area contributed by atoms with Crippen molar-refractivity contribution < 1.29 is 54.2 Å². The maximum atomic E-state index is 12.7. The van der Waals surface area contributed by atoms with E-state index in [1.165, 1.54) is 4.90 Å². The fourth-order valence-electron chi connectivity index (χ4n) is 3.26. The first-order valence-corrected chi connectivity index (χ1v) is 9.21. The monoisotopic (exact) mass is 416 g/mol. The van der Waals surface area contributed by atoms with Crippen LogP contribution in [0.5, 0.6) is 0 Å². The molecule has 0 saturated carbocycles. The van der Waals surface area contributed by atoms with Crippen molar-refractivity contribution in [2.45, 2.75) is 13.5 Å². The van der Waals surface area contributed by atoms with Gasteiger partial charge < -0.3 is 25.2 Å². The number of aliphatic hydroxyl groups excluding tert-OH is 1. The fourth-order valence-corrected chi connectivity index (χ4v) is 3.26. The summed E-state index contributed by atoms with van der Waals surface area (Å²) >= 11 is 0. The number of carboxylic acids is 1. The molecule has 2 N–H and O–H groups in total. The minimum Gasteiger partial charge on any atom is -0.548 e. The van der Waals surface area contributed by atoms with E-state index in [9.17, 15) is 24.6 Å². The van der Waals surface area contributed by atoms with Gasteiger partial charge in [0.15, 0.2) is 0 Å². The smallest absolute Gasteiger partial charge is 0.548 e. The van der Waals surface area contributed by atoms with Crippen LogP contribution in [0.1, 0.15) is 12.5 Å². The number of hydrogen-bond donors (Lipinski definition) is 2. The van der Waals surface area contributed by atoms with E-state index in [2.05, 4.69) is 5.32 Å². The molecule has 150 valence electrons. The van der Waals surface area contributed by atoms with E-state index in [0.717, 1.165) is 16.7 Å². The Labute approximate surface area is 196 Å². The minimum atomic E-state index is -1.48. The quantitative estimate of drug-likeness (QED) is 0.419. The van der Waals surface area contributed by atoms with Gasteiger partial charge in [-0.05, 0) is 16.7 Å². The van der Waals surface area contributed by atoms with E-state index in [1.807, 2.05) is 54.6 Å². The van der Waals surface area contributed by atoms with Gasteiger partial charge in [0, 0.05) is 19.0 Å². The van der Waals surface area contributed by atoms with E-state index in [0.29, 0.717) is 0 Å². The van der Waals surface area contributed by atoms with Gasteiger partial charge in [-0.2, -0.15) is 0 Å². The molecule has 0 fully saturated rings. The van der Waals surface area contributed by atoms with E-state index in [-0.39, 0.29) is 48.4 Å². The molecular formula is C22H21N2NaO5. The number of hydrogen-bond acceptors (Lipinski definition) is 5. The number of aliphatic carboxylic acids is 1. The zero-order chi connectivity index (χ0) is 21.0. The predicted octanol–water partition coefficient (Wildman–Crippen LogP) is -1.99. The maximum absolute atomic E-state index is 12.7. The van der Waals surface area contributed by atoms with Crippen LogP contribution in [-0.4, -0.2) is 40.9 Å². The van der Waals surface area contributed by atoms with Gasteiger partial charge >= 0.3 is 29.6 Å². The van der Waals surface area contributed by atoms with Crippen LogP contribution in [0.3, 0.4) is 0 Å². The zero-order valence-electron chi connectivity index (χ0n) is 16.9. The molecule has 0 unspecified atom stereocenters. The van der Waals surface area contributed by atoms with Crippen LogP contribution in [0.4, 0.5) is 0 Å². The molecule has 0 spiro atoms. The van der Waals surface area contributed by atoms with Crippen molar-refractivity contribution in [2.75, 3.05) is 13.1 Å². The molecule has 8 heteroatoms. The van der Waals surface area contributed by atoms with Gasteiger partial charge in [-0.3, -0.25) is 9.59 Å². The molecule has 1 heterocycles. The first-order chi connectivity index (χ1) is 13.9.